The number of rotatable bonds is 12. The first-order valence-corrected chi connectivity index (χ1v) is 15.2. The van der Waals surface area contributed by atoms with Crippen LogP contribution in [0.4, 0.5) is 0 Å². The molecule has 25 heteroatoms. The Morgan fingerprint density at radius 1 is 0.750 bits per heavy atom. The number of methoxy groups -OCH3 is 1. The summed E-state index contributed by atoms with van der Waals surface area (Å²) in [5.41, 5.74) is 0. The SMILES string of the molecule is CO[C@H]1[C@H](O)[C@@H](NS(=O)(=O)O)[C@@H](O[C@H]2[C@H](O)[C@@H](O)[C@H](OC[C@H]3OC(O)[C@H](O)[C@@H](O)[C@@H]3O)O[C@H]2C(=O)O)O[C@@H]1COS(=O)(=O)O. The van der Waals surface area contributed by atoms with Crippen molar-refractivity contribution >= 4 is 26.7 Å². The van der Waals surface area contributed by atoms with Crippen molar-refractivity contribution in [1.29, 1.82) is 0 Å². The third-order valence-electron chi connectivity index (χ3n) is 6.80. The molecule has 3 fully saturated rings. The van der Waals surface area contributed by atoms with Crippen molar-refractivity contribution in [1.82, 2.24) is 4.72 Å². The molecule has 3 aliphatic rings. The fraction of sp³-hybridized carbons (Fsp3) is 0.947. The summed E-state index contributed by atoms with van der Waals surface area (Å²) in [6.45, 7) is -1.88. The molecule has 0 saturated carbocycles. The average molecular weight is 692 g/mol. The monoisotopic (exact) mass is 691 g/mol. The summed E-state index contributed by atoms with van der Waals surface area (Å²) in [5, 5.41) is 80.9. The van der Waals surface area contributed by atoms with Crippen molar-refractivity contribution in [3.8, 4) is 0 Å². The van der Waals surface area contributed by atoms with Gasteiger partial charge in [0.15, 0.2) is 25.0 Å². The van der Waals surface area contributed by atoms with Gasteiger partial charge in [-0.3, -0.25) is 9.11 Å². The Labute approximate surface area is 248 Å². The maximum absolute atomic E-state index is 12.0. The van der Waals surface area contributed by atoms with E-state index in [-0.39, 0.29) is 0 Å². The number of carboxylic acid groups (broad SMARTS) is 1. The molecule has 1 unspecified atom stereocenters. The van der Waals surface area contributed by atoms with Gasteiger partial charge in [0.1, 0.15) is 67.1 Å². The quantitative estimate of drug-likeness (QED) is 0.0846. The van der Waals surface area contributed by atoms with Crippen molar-refractivity contribution in [2.75, 3.05) is 20.3 Å². The molecule has 0 spiro atoms. The van der Waals surface area contributed by atoms with Crippen molar-refractivity contribution in [2.45, 2.75) is 92.1 Å². The zero-order chi connectivity index (χ0) is 33.3. The first-order valence-electron chi connectivity index (χ1n) is 12.4. The molecule has 3 aliphatic heterocycles. The Balaban J connectivity index is 1.82. The second-order valence-corrected chi connectivity index (χ2v) is 12.1. The van der Waals surface area contributed by atoms with Gasteiger partial charge >= 0.3 is 26.7 Å². The van der Waals surface area contributed by atoms with Gasteiger partial charge in [0.2, 0.25) is 0 Å². The second kappa shape index (κ2) is 14.6. The second-order valence-electron chi connectivity index (χ2n) is 9.78. The number of carbonyl (C=O) groups is 1. The summed E-state index contributed by atoms with van der Waals surface area (Å²) in [6.07, 6.45) is -27.6. The van der Waals surface area contributed by atoms with Crippen LogP contribution in [0.3, 0.4) is 0 Å². The van der Waals surface area contributed by atoms with Gasteiger partial charge in [-0.25, -0.2) is 8.98 Å². The van der Waals surface area contributed by atoms with E-state index >= 15 is 0 Å². The molecule has 258 valence electrons. The molecule has 0 radical (unpaired) electrons. The molecule has 0 aromatic rings. The number of nitrogens with one attached hydrogen (secondary N) is 1. The Morgan fingerprint density at radius 3 is 1.93 bits per heavy atom. The minimum Gasteiger partial charge on any atom is -0.479 e. The molecule has 3 heterocycles. The molecule has 3 saturated heterocycles. The predicted octanol–water partition coefficient (Wildman–Crippen LogP) is -7.60. The van der Waals surface area contributed by atoms with Crippen molar-refractivity contribution in [2.24, 2.45) is 0 Å². The van der Waals surface area contributed by atoms with Gasteiger partial charge in [-0.2, -0.15) is 21.6 Å². The predicted molar refractivity (Wildman–Crippen MR) is 129 cm³/mol. The Bertz CT molecular complexity index is 1190. The zero-order valence-electron chi connectivity index (χ0n) is 22.3. The van der Waals surface area contributed by atoms with Crippen LogP contribution in [0.15, 0.2) is 0 Å². The zero-order valence-corrected chi connectivity index (χ0v) is 23.9. The van der Waals surface area contributed by atoms with Crippen molar-refractivity contribution < 1.29 is 104 Å². The summed E-state index contributed by atoms with van der Waals surface area (Å²) in [6, 6.07) is -2.05. The number of aliphatic carboxylic acids is 1. The highest BCUT2D eigenvalue weighted by molar-refractivity contribution is 7.83. The van der Waals surface area contributed by atoms with E-state index in [2.05, 4.69) is 4.18 Å². The highest BCUT2D eigenvalue weighted by Crippen LogP contribution is 2.31. The van der Waals surface area contributed by atoms with Crippen LogP contribution in [0.1, 0.15) is 0 Å². The third-order valence-corrected chi connectivity index (χ3v) is 7.81. The molecule has 44 heavy (non-hydrogen) atoms. The fourth-order valence-electron chi connectivity index (χ4n) is 4.65. The molecule has 0 aromatic heterocycles. The van der Waals surface area contributed by atoms with Gasteiger partial charge in [-0.15, -0.1) is 0 Å². The van der Waals surface area contributed by atoms with Crippen LogP contribution >= 0.6 is 0 Å². The lowest BCUT2D eigenvalue weighted by atomic mass is 9.95. The fourth-order valence-corrected chi connectivity index (χ4v) is 5.55. The molecule has 0 amide bonds. The number of carboxylic acids is 1. The van der Waals surface area contributed by atoms with Crippen LogP contribution in [-0.4, -0.2) is 185 Å². The van der Waals surface area contributed by atoms with Crippen molar-refractivity contribution in [3.63, 3.8) is 0 Å². The molecule has 0 aromatic carbocycles. The normalized spacial score (nSPS) is 43.9. The number of hydrogen-bond donors (Lipinski definition) is 11. The first-order chi connectivity index (χ1) is 20.3. The van der Waals surface area contributed by atoms with E-state index in [1.165, 1.54) is 0 Å². The lowest BCUT2D eigenvalue weighted by Crippen LogP contribution is -2.68. The van der Waals surface area contributed by atoms with Gasteiger partial charge in [-0.05, 0) is 0 Å². The minimum atomic E-state index is -5.17. The molecule has 11 N–H and O–H groups in total. The Kier molecular flexibility index (Phi) is 12.4. The average Bonchev–Trinajstić information content (AvgIpc) is 2.91. The van der Waals surface area contributed by atoms with E-state index in [0.29, 0.717) is 0 Å². The highest BCUT2D eigenvalue weighted by Gasteiger charge is 2.54. The summed E-state index contributed by atoms with van der Waals surface area (Å²) in [5.74, 6) is -1.87. The van der Waals surface area contributed by atoms with E-state index in [9.17, 15) is 67.0 Å². The van der Waals surface area contributed by atoms with Crippen LogP contribution in [0.25, 0.3) is 0 Å². The summed E-state index contributed by atoms with van der Waals surface area (Å²) in [4.78, 5) is 12.0. The van der Waals surface area contributed by atoms with Gasteiger partial charge < -0.3 is 69.3 Å². The molecule has 0 aliphatic carbocycles. The lowest BCUT2D eigenvalue weighted by molar-refractivity contribution is -0.348. The maximum Gasteiger partial charge on any atom is 0.397 e. The largest absolute Gasteiger partial charge is 0.479 e. The van der Waals surface area contributed by atoms with Gasteiger partial charge in [0, 0.05) is 7.11 Å². The standard InChI is InChI=1S/C19H33NO22S2/c1-36-13-5(3-38-44(33,34)35)40-18(6(8(13)22)20-43(30,31)32)41-14-10(24)12(26)19(42-15(14)16(27)28)37-2-4-7(21)9(23)11(25)17(29)39-4/h4-15,17-26,29H,2-3H2,1H3,(H,27,28)(H,30,31,32)(H,33,34,35)/t4-,5-,6-,7-,8-,9+,10-,11-,12-,13-,14+,15-,17?,18-,19-/m1/s1. The molecule has 0 bridgehead atoms. The van der Waals surface area contributed by atoms with Gasteiger partial charge in [0.25, 0.3) is 0 Å². The molecule has 3 rings (SSSR count). The van der Waals surface area contributed by atoms with E-state index in [0.717, 1.165) is 7.11 Å². The van der Waals surface area contributed by atoms with E-state index in [1.807, 2.05) is 0 Å². The van der Waals surface area contributed by atoms with Crippen LogP contribution < -0.4 is 4.72 Å². The maximum atomic E-state index is 12.0. The van der Waals surface area contributed by atoms with Crippen LogP contribution in [0.2, 0.25) is 0 Å². The first kappa shape index (κ1) is 37.2. The third kappa shape index (κ3) is 8.94. The molecular formula is C19H33NO22S2. The van der Waals surface area contributed by atoms with E-state index in [1.54, 1.807) is 4.72 Å². The van der Waals surface area contributed by atoms with E-state index in [4.69, 9.17) is 33.0 Å². The van der Waals surface area contributed by atoms with Crippen LogP contribution in [0.5, 0.6) is 0 Å². The Morgan fingerprint density at radius 2 is 1.39 bits per heavy atom. The number of aliphatic hydroxyl groups excluding tert-OH is 7. The summed E-state index contributed by atoms with van der Waals surface area (Å²) in [7, 11) is -9.28. The number of ether oxygens (including phenoxy) is 6. The lowest BCUT2D eigenvalue weighted by Gasteiger charge is -2.47. The number of aliphatic hydroxyl groups is 7. The minimum absolute atomic E-state index is 0.805. The smallest absolute Gasteiger partial charge is 0.397 e. The van der Waals surface area contributed by atoms with Crippen molar-refractivity contribution in [3.05, 3.63) is 0 Å². The van der Waals surface area contributed by atoms with Gasteiger partial charge in [-0.1, -0.05) is 0 Å². The number of hydrogen-bond acceptors (Lipinski definition) is 19. The topological polar surface area (TPSA) is 364 Å². The Hall–Kier alpha value is -1.31. The van der Waals surface area contributed by atoms with Gasteiger partial charge in [0.05, 0.1) is 13.2 Å². The summed E-state index contributed by atoms with van der Waals surface area (Å²) >= 11 is 0. The summed E-state index contributed by atoms with van der Waals surface area (Å²) < 4.78 is 100. The van der Waals surface area contributed by atoms with E-state index < -0.39 is 132 Å². The van der Waals surface area contributed by atoms with Crippen LogP contribution in [0, 0.1) is 0 Å². The molecule has 15 atom stereocenters. The van der Waals surface area contributed by atoms with Crippen LogP contribution in [-0.2, 0) is 58.1 Å². The molecular weight excluding hydrogens is 658 g/mol. The molecule has 23 nitrogen and oxygen atoms in total. The highest BCUT2D eigenvalue weighted by atomic mass is 32.3.